The average molecular weight is 497 g/mol. The van der Waals surface area contributed by atoms with Crippen LogP contribution in [0.25, 0.3) is 0 Å². The first kappa shape index (κ1) is 29.0. The highest BCUT2D eigenvalue weighted by atomic mass is 16.6. The summed E-state index contributed by atoms with van der Waals surface area (Å²) < 4.78 is 22.4. The molecule has 1 heterocycles. The summed E-state index contributed by atoms with van der Waals surface area (Å²) in [7, 11) is 0. The Morgan fingerprint density at radius 2 is 1.86 bits per heavy atom. The predicted octanol–water partition coefficient (Wildman–Crippen LogP) is 2.48. The van der Waals surface area contributed by atoms with Crippen LogP contribution in [0.1, 0.15) is 60.3 Å². The van der Waals surface area contributed by atoms with Crippen LogP contribution in [0.4, 0.5) is 0 Å². The van der Waals surface area contributed by atoms with Crippen molar-refractivity contribution >= 4 is 17.9 Å². The van der Waals surface area contributed by atoms with Gasteiger partial charge in [-0.15, -0.1) is 0 Å². The van der Waals surface area contributed by atoms with Crippen molar-refractivity contribution in [3.05, 3.63) is 23.8 Å². The molecule has 198 valence electrons. The van der Waals surface area contributed by atoms with Crippen LogP contribution in [-0.4, -0.2) is 71.9 Å². The van der Waals surface area contributed by atoms with Gasteiger partial charge < -0.3 is 29.2 Å². The van der Waals surface area contributed by atoms with Gasteiger partial charge in [0.25, 0.3) is 0 Å². The fourth-order valence-corrected chi connectivity index (χ4v) is 4.03. The number of epoxide rings is 1. The standard InChI is InChI=1S/C26H40O9/c1-15(2)24(30)34-22-10-21(16(3)12-32-19(6)29)11-23-26(14-27,35-23)9-7-8-20(22)13-33-25(31)17(4)18(5)28/h8,15,17-18,21-23,27-28H,3,7,9-14H2,1-2,4-6H3. The van der Waals surface area contributed by atoms with Crippen LogP contribution < -0.4 is 0 Å². The highest BCUT2D eigenvalue weighted by Crippen LogP contribution is 2.46. The fraction of sp³-hybridized carbons (Fsp3) is 0.731. The van der Waals surface area contributed by atoms with Gasteiger partial charge in [0.15, 0.2) is 0 Å². The second kappa shape index (κ2) is 12.6. The molecule has 0 aromatic carbocycles. The lowest BCUT2D eigenvalue weighted by Crippen LogP contribution is -2.32. The van der Waals surface area contributed by atoms with Gasteiger partial charge in [0.05, 0.1) is 30.7 Å². The monoisotopic (exact) mass is 496 g/mol. The van der Waals surface area contributed by atoms with Crippen molar-refractivity contribution in [1.29, 1.82) is 0 Å². The zero-order valence-electron chi connectivity index (χ0n) is 21.5. The third-order valence-electron chi connectivity index (χ3n) is 6.80. The molecule has 9 heteroatoms. The molecule has 1 fully saturated rings. The van der Waals surface area contributed by atoms with Crippen LogP contribution in [0.15, 0.2) is 23.8 Å². The summed E-state index contributed by atoms with van der Waals surface area (Å²) in [4.78, 5) is 36.3. The molecule has 0 amide bonds. The molecule has 35 heavy (non-hydrogen) atoms. The second-order valence-corrected chi connectivity index (χ2v) is 9.97. The van der Waals surface area contributed by atoms with Crippen LogP contribution in [-0.2, 0) is 33.3 Å². The first-order valence-corrected chi connectivity index (χ1v) is 12.2. The molecule has 0 saturated carbocycles. The van der Waals surface area contributed by atoms with Crippen molar-refractivity contribution in [2.45, 2.75) is 84.2 Å². The molecule has 0 bridgehead atoms. The zero-order valence-corrected chi connectivity index (χ0v) is 21.5. The van der Waals surface area contributed by atoms with Crippen molar-refractivity contribution in [3.63, 3.8) is 0 Å². The van der Waals surface area contributed by atoms with Crippen molar-refractivity contribution in [2.24, 2.45) is 17.8 Å². The van der Waals surface area contributed by atoms with E-state index in [1.54, 1.807) is 20.8 Å². The maximum Gasteiger partial charge on any atom is 0.311 e. The maximum absolute atomic E-state index is 12.6. The molecular weight excluding hydrogens is 456 g/mol. The molecule has 2 rings (SSSR count). The summed E-state index contributed by atoms with van der Waals surface area (Å²) in [5.41, 5.74) is 0.607. The topological polar surface area (TPSA) is 132 Å². The Labute approximate surface area is 207 Å². The molecule has 6 atom stereocenters. The van der Waals surface area contributed by atoms with Gasteiger partial charge in [0.1, 0.15) is 24.9 Å². The van der Waals surface area contributed by atoms with E-state index >= 15 is 0 Å². The number of fused-ring (bicyclic) bond motifs is 1. The minimum atomic E-state index is -0.863. The molecule has 0 spiro atoms. The predicted molar refractivity (Wildman–Crippen MR) is 127 cm³/mol. The molecule has 0 radical (unpaired) electrons. The van der Waals surface area contributed by atoms with Crippen molar-refractivity contribution < 1.29 is 43.5 Å². The van der Waals surface area contributed by atoms with Gasteiger partial charge in [0.2, 0.25) is 0 Å². The smallest absolute Gasteiger partial charge is 0.311 e. The molecule has 2 N–H and O–H groups in total. The summed E-state index contributed by atoms with van der Waals surface area (Å²) in [6.07, 6.45) is 2.04. The summed E-state index contributed by atoms with van der Waals surface area (Å²) >= 11 is 0. The number of hydrogen-bond donors (Lipinski definition) is 2. The van der Waals surface area contributed by atoms with E-state index in [9.17, 15) is 24.6 Å². The van der Waals surface area contributed by atoms with Crippen molar-refractivity contribution in [3.8, 4) is 0 Å². The van der Waals surface area contributed by atoms with Gasteiger partial charge in [-0.1, -0.05) is 26.5 Å². The summed E-state index contributed by atoms with van der Waals surface area (Å²) in [6.45, 7) is 11.8. The quantitative estimate of drug-likeness (QED) is 0.203. The highest BCUT2D eigenvalue weighted by Gasteiger charge is 2.56. The molecule has 0 aromatic heterocycles. The largest absolute Gasteiger partial charge is 0.461 e. The van der Waals surface area contributed by atoms with Crippen LogP contribution >= 0.6 is 0 Å². The summed E-state index contributed by atoms with van der Waals surface area (Å²) in [5.74, 6) is -2.69. The lowest BCUT2D eigenvalue weighted by Gasteiger charge is -2.29. The number of ether oxygens (including phenoxy) is 4. The van der Waals surface area contributed by atoms with E-state index in [2.05, 4.69) is 6.58 Å². The maximum atomic E-state index is 12.6. The minimum absolute atomic E-state index is 0.0175. The van der Waals surface area contributed by atoms with E-state index in [4.69, 9.17) is 18.9 Å². The van der Waals surface area contributed by atoms with E-state index in [0.717, 1.165) is 0 Å². The minimum Gasteiger partial charge on any atom is -0.461 e. The lowest BCUT2D eigenvalue weighted by molar-refractivity contribution is -0.153. The van der Waals surface area contributed by atoms with E-state index in [1.807, 2.05) is 6.08 Å². The number of hydrogen-bond acceptors (Lipinski definition) is 9. The zero-order chi connectivity index (χ0) is 26.3. The van der Waals surface area contributed by atoms with Gasteiger partial charge in [-0.05, 0) is 51.0 Å². The third-order valence-corrected chi connectivity index (χ3v) is 6.80. The Morgan fingerprint density at radius 1 is 1.17 bits per heavy atom. The molecule has 1 aliphatic carbocycles. The van der Waals surface area contributed by atoms with Gasteiger partial charge in [-0.2, -0.15) is 0 Å². The highest BCUT2D eigenvalue weighted by molar-refractivity contribution is 5.73. The van der Waals surface area contributed by atoms with E-state index < -0.39 is 41.6 Å². The molecule has 1 saturated heterocycles. The molecule has 6 unspecified atom stereocenters. The Balaban J connectivity index is 2.33. The van der Waals surface area contributed by atoms with E-state index in [1.165, 1.54) is 13.8 Å². The number of rotatable bonds is 10. The fourth-order valence-electron chi connectivity index (χ4n) is 4.03. The number of aliphatic hydroxyl groups excluding tert-OH is 2. The van der Waals surface area contributed by atoms with Crippen LogP contribution in [0, 0.1) is 17.8 Å². The molecule has 0 aromatic rings. The Morgan fingerprint density at radius 3 is 2.43 bits per heavy atom. The normalized spacial score (nSPS) is 28.1. The number of allylic oxidation sites excluding steroid dienone is 1. The van der Waals surface area contributed by atoms with Crippen molar-refractivity contribution in [2.75, 3.05) is 19.8 Å². The molecule has 2 aliphatic rings. The Hall–Kier alpha value is -2.23. The first-order valence-electron chi connectivity index (χ1n) is 12.2. The van der Waals surface area contributed by atoms with E-state index in [-0.39, 0.29) is 37.8 Å². The molecular formula is C26H40O9. The van der Waals surface area contributed by atoms with Crippen LogP contribution in [0.5, 0.6) is 0 Å². The average Bonchev–Trinajstić information content (AvgIpc) is 3.50. The first-order chi connectivity index (χ1) is 16.4. The van der Waals surface area contributed by atoms with Crippen molar-refractivity contribution in [1.82, 2.24) is 0 Å². The summed E-state index contributed by atoms with van der Waals surface area (Å²) in [6, 6.07) is 0. The lowest BCUT2D eigenvalue weighted by atomic mass is 9.83. The number of esters is 3. The molecule has 1 aliphatic heterocycles. The van der Waals surface area contributed by atoms with Gasteiger partial charge in [0, 0.05) is 12.5 Å². The Kier molecular flexibility index (Phi) is 10.5. The van der Waals surface area contributed by atoms with Crippen LogP contribution in [0.2, 0.25) is 0 Å². The van der Waals surface area contributed by atoms with Gasteiger partial charge in [-0.3, -0.25) is 14.4 Å². The number of carbonyl (C=O) groups is 3. The Bertz CT molecular complexity index is 816. The van der Waals surface area contributed by atoms with Gasteiger partial charge in [-0.25, -0.2) is 0 Å². The second-order valence-electron chi connectivity index (χ2n) is 9.97. The SMILES string of the molecule is C=C(COC(C)=O)C1CC(OC(=O)C(C)C)C(COC(=O)C(C)C(C)O)=CCCC2(CO)OC2C1. The van der Waals surface area contributed by atoms with E-state index in [0.29, 0.717) is 36.8 Å². The molecule has 9 nitrogen and oxygen atoms in total. The third kappa shape index (κ3) is 8.15. The van der Waals surface area contributed by atoms with Gasteiger partial charge >= 0.3 is 17.9 Å². The summed E-state index contributed by atoms with van der Waals surface area (Å²) in [5, 5.41) is 19.7. The van der Waals surface area contributed by atoms with Crippen LogP contribution in [0.3, 0.4) is 0 Å². The number of aliphatic hydroxyl groups is 2. The number of carbonyl (C=O) groups excluding carboxylic acids is 3.